The van der Waals surface area contributed by atoms with Gasteiger partial charge in [-0.25, -0.2) is 14.6 Å². The van der Waals surface area contributed by atoms with E-state index in [-0.39, 0.29) is 11.9 Å². The van der Waals surface area contributed by atoms with E-state index in [1.54, 1.807) is 23.7 Å². The quantitative estimate of drug-likeness (QED) is 0.610. The van der Waals surface area contributed by atoms with Gasteiger partial charge in [0.1, 0.15) is 5.01 Å². The van der Waals surface area contributed by atoms with Crippen LogP contribution in [0.4, 0.5) is 0 Å². The Morgan fingerprint density at radius 3 is 2.92 bits per heavy atom. The first kappa shape index (κ1) is 15.7. The number of fused-ring (bicyclic) bond motifs is 2. The van der Waals surface area contributed by atoms with E-state index in [0.29, 0.717) is 12.1 Å². The van der Waals surface area contributed by atoms with Gasteiger partial charge in [0.2, 0.25) is 0 Å². The van der Waals surface area contributed by atoms with Crippen LogP contribution in [0.15, 0.2) is 42.7 Å². The highest BCUT2D eigenvalue weighted by Gasteiger charge is 2.12. The van der Waals surface area contributed by atoms with Crippen molar-refractivity contribution in [2.24, 2.45) is 0 Å². The van der Waals surface area contributed by atoms with Crippen molar-refractivity contribution < 1.29 is 4.79 Å². The summed E-state index contributed by atoms with van der Waals surface area (Å²) < 4.78 is 2.97. The number of hydrogen-bond acceptors (Lipinski definition) is 5. The van der Waals surface area contributed by atoms with Crippen molar-refractivity contribution in [1.29, 1.82) is 0 Å². The molecule has 0 aliphatic carbocycles. The lowest BCUT2D eigenvalue weighted by atomic mass is 10.2. The first-order valence-electron chi connectivity index (χ1n) is 8.08. The van der Waals surface area contributed by atoms with Crippen molar-refractivity contribution in [2.45, 2.75) is 26.4 Å². The maximum absolute atomic E-state index is 12.4. The Morgan fingerprint density at radius 2 is 2.12 bits per heavy atom. The summed E-state index contributed by atoms with van der Waals surface area (Å²) >= 11 is 1.59. The highest BCUT2D eigenvalue weighted by atomic mass is 32.1. The van der Waals surface area contributed by atoms with Crippen molar-refractivity contribution >= 4 is 38.5 Å². The smallest absolute Gasteiger partial charge is 0.253 e. The first-order chi connectivity index (χ1) is 12.1. The molecule has 0 saturated carbocycles. The molecular weight excluding hydrogens is 334 g/mol. The van der Waals surface area contributed by atoms with Gasteiger partial charge in [-0.2, -0.15) is 5.10 Å². The third-order valence-electron chi connectivity index (χ3n) is 3.92. The Bertz CT molecular complexity index is 1030. The summed E-state index contributed by atoms with van der Waals surface area (Å²) in [5.74, 6) is -0.161. The number of thiazole rings is 1. The van der Waals surface area contributed by atoms with Crippen molar-refractivity contribution in [3.05, 3.63) is 53.3 Å². The van der Waals surface area contributed by atoms with Gasteiger partial charge >= 0.3 is 0 Å². The van der Waals surface area contributed by atoms with Crippen molar-refractivity contribution in [3.63, 3.8) is 0 Å². The van der Waals surface area contributed by atoms with Gasteiger partial charge < -0.3 is 5.32 Å². The largest absolute Gasteiger partial charge is 0.345 e. The summed E-state index contributed by atoms with van der Waals surface area (Å²) in [5.41, 5.74) is 2.27. The number of amides is 1. The standard InChI is InChI=1S/C18H17N5OS/c1-11(2)23-17-12(9-21-23)7-13(8-19-17)18(24)20-10-16-22-14-5-3-4-6-15(14)25-16/h3-9,11H,10H2,1-2H3,(H,20,24). The van der Waals surface area contributed by atoms with E-state index < -0.39 is 0 Å². The van der Waals surface area contributed by atoms with Gasteiger partial charge in [-0.3, -0.25) is 4.79 Å². The second-order valence-corrected chi connectivity index (χ2v) is 7.19. The molecule has 0 aliphatic heterocycles. The minimum absolute atomic E-state index is 0.161. The van der Waals surface area contributed by atoms with E-state index in [9.17, 15) is 4.79 Å². The van der Waals surface area contributed by atoms with E-state index in [2.05, 4.69) is 20.4 Å². The predicted molar refractivity (Wildman–Crippen MR) is 98.7 cm³/mol. The van der Waals surface area contributed by atoms with E-state index in [0.717, 1.165) is 26.3 Å². The van der Waals surface area contributed by atoms with Gasteiger partial charge in [-0.05, 0) is 32.0 Å². The lowest BCUT2D eigenvalue weighted by Gasteiger charge is -2.06. The summed E-state index contributed by atoms with van der Waals surface area (Å²) in [7, 11) is 0. The second kappa shape index (κ2) is 6.25. The zero-order valence-electron chi connectivity index (χ0n) is 13.9. The topological polar surface area (TPSA) is 72.7 Å². The van der Waals surface area contributed by atoms with E-state index in [1.807, 2.05) is 48.9 Å². The summed E-state index contributed by atoms with van der Waals surface area (Å²) in [5, 5.41) is 8.99. The van der Waals surface area contributed by atoms with Crippen LogP contribution < -0.4 is 5.32 Å². The molecule has 25 heavy (non-hydrogen) atoms. The van der Waals surface area contributed by atoms with Crippen LogP contribution in [0.1, 0.15) is 35.3 Å². The summed E-state index contributed by atoms with van der Waals surface area (Å²) in [6.45, 7) is 4.50. The Hall–Kier alpha value is -2.80. The van der Waals surface area contributed by atoms with Gasteiger partial charge in [0.05, 0.1) is 28.5 Å². The zero-order valence-corrected chi connectivity index (χ0v) is 14.7. The maximum Gasteiger partial charge on any atom is 0.253 e. The first-order valence-corrected chi connectivity index (χ1v) is 8.89. The molecule has 0 bridgehead atoms. The van der Waals surface area contributed by atoms with E-state index in [4.69, 9.17) is 0 Å². The number of pyridine rings is 1. The minimum atomic E-state index is -0.161. The molecule has 6 nitrogen and oxygen atoms in total. The lowest BCUT2D eigenvalue weighted by molar-refractivity contribution is 0.0950. The molecule has 0 atom stereocenters. The number of aromatic nitrogens is 4. The van der Waals surface area contributed by atoms with Gasteiger partial charge in [-0.15, -0.1) is 11.3 Å². The Kier molecular flexibility index (Phi) is 3.93. The molecule has 3 aromatic heterocycles. The minimum Gasteiger partial charge on any atom is -0.345 e. The van der Waals surface area contributed by atoms with Crippen molar-refractivity contribution in [2.75, 3.05) is 0 Å². The van der Waals surface area contributed by atoms with Gasteiger partial charge in [0.15, 0.2) is 5.65 Å². The summed E-state index contributed by atoms with van der Waals surface area (Å²) in [4.78, 5) is 21.3. The van der Waals surface area contributed by atoms with Crippen LogP contribution in [0, 0.1) is 0 Å². The maximum atomic E-state index is 12.4. The van der Waals surface area contributed by atoms with Crippen LogP contribution in [0.5, 0.6) is 0 Å². The van der Waals surface area contributed by atoms with Crippen LogP contribution in [0.25, 0.3) is 21.3 Å². The normalized spacial score (nSPS) is 11.5. The molecule has 0 aliphatic rings. The molecule has 0 radical (unpaired) electrons. The highest BCUT2D eigenvalue weighted by Crippen LogP contribution is 2.21. The molecule has 4 aromatic rings. The number of nitrogens with one attached hydrogen (secondary N) is 1. The number of hydrogen-bond donors (Lipinski definition) is 1. The SMILES string of the molecule is CC(C)n1ncc2cc(C(=O)NCc3nc4ccccc4s3)cnc21. The molecule has 1 amide bonds. The summed E-state index contributed by atoms with van der Waals surface area (Å²) in [6.07, 6.45) is 3.34. The van der Waals surface area contributed by atoms with Gasteiger partial charge in [-0.1, -0.05) is 12.1 Å². The number of rotatable bonds is 4. The molecular formula is C18H17N5OS. The fraction of sp³-hybridized carbons (Fsp3) is 0.222. The van der Waals surface area contributed by atoms with Gasteiger partial charge in [0, 0.05) is 17.6 Å². The number of benzene rings is 1. The van der Waals surface area contributed by atoms with E-state index >= 15 is 0 Å². The lowest BCUT2D eigenvalue weighted by Crippen LogP contribution is -2.22. The fourth-order valence-electron chi connectivity index (χ4n) is 2.70. The number of carbonyl (C=O) groups is 1. The summed E-state index contributed by atoms with van der Waals surface area (Å²) in [6, 6.07) is 10.00. The Morgan fingerprint density at radius 1 is 1.28 bits per heavy atom. The molecule has 4 rings (SSSR count). The van der Waals surface area contributed by atoms with Crippen molar-refractivity contribution in [1.82, 2.24) is 25.1 Å². The monoisotopic (exact) mass is 351 g/mol. The molecule has 0 spiro atoms. The molecule has 1 N–H and O–H groups in total. The third kappa shape index (κ3) is 2.98. The third-order valence-corrected chi connectivity index (χ3v) is 4.96. The molecule has 0 saturated heterocycles. The molecule has 7 heteroatoms. The molecule has 3 heterocycles. The molecule has 126 valence electrons. The van der Waals surface area contributed by atoms with Crippen LogP contribution in [-0.4, -0.2) is 25.7 Å². The molecule has 0 fully saturated rings. The Balaban J connectivity index is 1.51. The number of nitrogens with zero attached hydrogens (tertiary/aromatic N) is 4. The Labute approximate surface area is 148 Å². The molecule has 1 aromatic carbocycles. The molecule has 0 unspecified atom stereocenters. The number of carbonyl (C=O) groups excluding carboxylic acids is 1. The van der Waals surface area contributed by atoms with Crippen LogP contribution in [0.2, 0.25) is 0 Å². The van der Waals surface area contributed by atoms with Crippen molar-refractivity contribution in [3.8, 4) is 0 Å². The van der Waals surface area contributed by atoms with Crippen LogP contribution in [-0.2, 0) is 6.54 Å². The zero-order chi connectivity index (χ0) is 17.4. The number of para-hydroxylation sites is 1. The average Bonchev–Trinajstić information content (AvgIpc) is 3.22. The predicted octanol–water partition coefficient (Wildman–Crippen LogP) is 3.55. The van der Waals surface area contributed by atoms with Crippen LogP contribution >= 0.6 is 11.3 Å². The van der Waals surface area contributed by atoms with Gasteiger partial charge in [0.25, 0.3) is 5.91 Å². The highest BCUT2D eigenvalue weighted by molar-refractivity contribution is 7.18. The average molecular weight is 351 g/mol. The van der Waals surface area contributed by atoms with Crippen LogP contribution in [0.3, 0.4) is 0 Å². The van der Waals surface area contributed by atoms with E-state index in [1.165, 1.54) is 0 Å². The fourth-order valence-corrected chi connectivity index (χ4v) is 3.60. The second-order valence-electron chi connectivity index (χ2n) is 6.08.